The number of nitrogens with one attached hydrogen (secondary N) is 3. The van der Waals surface area contributed by atoms with E-state index in [4.69, 9.17) is 4.74 Å². The molecule has 4 fully saturated rings. The molecule has 62 heavy (non-hydrogen) atoms. The zero-order valence-electron chi connectivity index (χ0n) is 36.0. The number of aromatic nitrogens is 1. The SMILES string of the molecule is CC1(C)C(NC(=O)c2ccc(N3CC[C@](C)(CN4CCN(c5ccc6c(c5)CN([C@H]5CCC(=O)NC5=O)C6=O)CC4)C3)cc2)C(C)(C)C1Oc1ccc(C#N)c2[nH]c(=O)ccc12. The summed E-state index contributed by atoms with van der Waals surface area (Å²) in [6.07, 6.45) is 1.42. The predicted octanol–water partition coefficient (Wildman–Crippen LogP) is 4.81. The van der Waals surface area contributed by atoms with Crippen molar-refractivity contribution < 1.29 is 23.9 Å². The molecular weight excluding hydrogens is 785 g/mol. The number of benzene rings is 3. The van der Waals surface area contributed by atoms with Crippen molar-refractivity contribution in [3.8, 4) is 11.8 Å². The van der Waals surface area contributed by atoms with Gasteiger partial charge in [0.1, 0.15) is 24.0 Å². The Kier molecular flexibility index (Phi) is 10.2. The molecule has 4 aromatic rings. The van der Waals surface area contributed by atoms with Crippen LogP contribution >= 0.6 is 0 Å². The van der Waals surface area contributed by atoms with E-state index in [9.17, 15) is 29.2 Å². The van der Waals surface area contributed by atoms with Crippen molar-refractivity contribution in [3.63, 3.8) is 0 Å². The lowest BCUT2D eigenvalue weighted by Gasteiger charge is -2.63. The number of imide groups is 1. The molecule has 5 aliphatic rings. The second kappa shape index (κ2) is 15.3. The second-order valence-corrected chi connectivity index (χ2v) is 19.4. The van der Waals surface area contributed by atoms with E-state index in [1.54, 1.807) is 23.1 Å². The van der Waals surface area contributed by atoms with E-state index in [-0.39, 0.29) is 47.3 Å². The zero-order valence-corrected chi connectivity index (χ0v) is 36.0. The standard InChI is InChI=1S/C48H54N8O6/c1-46(2)44(47(3,4)45(46)62-37-15-8-30(25-49)40-35(37)13-16-38(57)50-40)52-41(59)29-6-9-32(10-7-29)55-19-18-48(5,28-55)27-53-20-22-54(23-21-53)33-11-12-34-31(24-33)26-56(43(34)61)36-14-17-39(58)51-42(36)60/h6-13,15-16,24,36,44-45H,14,17-23,26-28H2,1-5H3,(H,50,57)(H,52,59)(H,51,58,60)/t36-,44?,45?,48+/m0/s1. The lowest BCUT2D eigenvalue weighted by atomic mass is 9.49. The van der Waals surface area contributed by atoms with Crippen LogP contribution in [0.3, 0.4) is 0 Å². The number of H-pyrrole nitrogens is 1. The van der Waals surface area contributed by atoms with E-state index < -0.39 is 22.8 Å². The number of anilines is 2. The largest absolute Gasteiger partial charge is 0.488 e. The number of hydrogen-bond acceptors (Lipinski definition) is 10. The van der Waals surface area contributed by atoms with E-state index in [1.807, 2.05) is 24.3 Å². The molecule has 0 unspecified atom stereocenters. The number of piperazine rings is 1. The van der Waals surface area contributed by atoms with Crippen LogP contribution in [0.2, 0.25) is 0 Å². The van der Waals surface area contributed by atoms with Gasteiger partial charge in [0.05, 0.1) is 11.1 Å². The minimum absolute atomic E-state index is 0.118. The monoisotopic (exact) mass is 838 g/mol. The minimum Gasteiger partial charge on any atom is -0.488 e. The summed E-state index contributed by atoms with van der Waals surface area (Å²) in [5, 5.41) is 15.9. The average Bonchev–Trinajstić information content (AvgIpc) is 3.80. The van der Waals surface area contributed by atoms with Gasteiger partial charge in [-0.05, 0) is 84.5 Å². The molecule has 1 aliphatic carbocycles. The molecule has 14 nitrogen and oxygen atoms in total. The van der Waals surface area contributed by atoms with Crippen LogP contribution in [0.5, 0.6) is 5.75 Å². The maximum absolute atomic E-state index is 13.7. The molecule has 1 saturated carbocycles. The molecule has 5 heterocycles. The van der Waals surface area contributed by atoms with E-state index >= 15 is 0 Å². The van der Waals surface area contributed by atoms with Crippen molar-refractivity contribution in [3.05, 3.63) is 99.3 Å². The average molecular weight is 839 g/mol. The topological polar surface area (TPSA) is 171 Å². The van der Waals surface area contributed by atoms with Crippen LogP contribution in [0, 0.1) is 27.6 Å². The Balaban J connectivity index is 0.768. The quantitative estimate of drug-likeness (QED) is 0.199. The highest BCUT2D eigenvalue weighted by atomic mass is 16.5. The number of carbonyl (C=O) groups is 4. The van der Waals surface area contributed by atoms with Gasteiger partial charge in [-0.15, -0.1) is 0 Å². The number of pyridine rings is 1. The molecule has 4 aliphatic heterocycles. The Morgan fingerprint density at radius 1 is 0.871 bits per heavy atom. The van der Waals surface area contributed by atoms with Gasteiger partial charge in [0.15, 0.2) is 0 Å². The Bertz CT molecular complexity index is 2570. The highest BCUT2D eigenvalue weighted by Gasteiger charge is 2.64. The Labute approximate surface area is 361 Å². The number of fused-ring (bicyclic) bond motifs is 2. The van der Waals surface area contributed by atoms with Crippen molar-refractivity contribution in [1.29, 1.82) is 5.26 Å². The number of carbonyl (C=O) groups excluding carboxylic acids is 4. The van der Waals surface area contributed by atoms with Crippen molar-refractivity contribution >= 4 is 45.9 Å². The smallest absolute Gasteiger partial charge is 0.255 e. The molecule has 0 spiro atoms. The summed E-state index contributed by atoms with van der Waals surface area (Å²) in [6, 6.07) is 21.8. The molecule has 3 aromatic carbocycles. The van der Waals surface area contributed by atoms with Gasteiger partial charge in [-0.1, -0.05) is 34.6 Å². The van der Waals surface area contributed by atoms with Gasteiger partial charge in [-0.3, -0.25) is 34.2 Å². The number of ether oxygens (including phenoxy) is 1. The Morgan fingerprint density at radius 3 is 2.31 bits per heavy atom. The Morgan fingerprint density at radius 2 is 1.60 bits per heavy atom. The molecule has 3 N–H and O–H groups in total. The first-order valence-corrected chi connectivity index (χ1v) is 21.7. The molecule has 2 atom stereocenters. The van der Waals surface area contributed by atoms with Crippen molar-refractivity contribution in [2.45, 2.75) is 78.6 Å². The van der Waals surface area contributed by atoms with E-state index in [2.05, 4.69) is 89.2 Å². The van der Waals surface area contributed by atoms with Gasteiger partial charge in [0.25, 0.3) is 11.8 Å². The van der Waals surface area contributed by atoms with Crippen molar-refractivity contribution in [2.24, 2.45) is 16.2 Å². The second-order valence-electron chi connectivity index (χ2n) is 19.4. The van der Waals surface area contributed by atoms with Crippen molar-refractivity contribution in [2.75, 3.05) is 55.6 Å². The summed E-state index contributed by atoms with van der Waals surface area (Å²) in [6.45, 7) is 17.6. The molecule has 3 saturated heterocycles. The molecule has 1 aromatic heterocycles. The molecule has 14 heteroatoms. The highest BCUT2D eigenvalue weighted by molar-refractivity contribution is 6.05. The van der Waals surface area contributed by atoms with Crippen LogP contribution in [-0.4, -0.2) is 102 Å². The molecule has 0 bridgehead atoms. The van der Waals surface area contributed by atoms with Crippen LogP contribution in [0.1, 0.15) is 85.7 Å². The van der Waals surface area contributed by atoms with Gasteiger partial charge in [0.2, 0.25) is 17.4 Å². The first kappa shape index (κ1) is 41.2. The van der Waals surface area contributed by atoms with Crippen LogP contribution in [-0.2, 0) is 16.1 Å². The fourth-order valence-electron chi connectivity index (χ4n) is 11.2. The number of piperidine rings is 1. The maximum Gasteiger partial charge on any atom is 0.255 e. The highest BCUT2D eigenvalue weighted by Crippen LogP contribution is 2.56. The van der Waals surface area contributed by atoms with Crippen LogP contribution in [0.25, 0.3) is 10.9 Å². The third-order valence-corrected chi connectivity index (χ3v) is 14.2. The van der Waals surface area contributed by atoms with Crippen LogP contribution in [0.15, 0.2) is 71.5 Å². The summed E-state index contributed by atoms with van der Waals surface area (Å²) in [5.74, 6) is -0.378. The molecule has 4 amide bonds. The summed E-state index contributed by atoms with van der Waals surface area (Å²) >= 11 is 0. The molecule has 0 radical (unpaired) electrons. The van der Waals surface area contributed by atoms with Crippen molar-refractivity contribution in [1.82, 2.24) is 25.4 Å². The summed E-state index contributed by atoms with van der Waals surface area (Å²) in [5.41, 5.74) is 4.18. The summed E-state index contributed by atoms with van der Waals surface area (Å²) in [7, 11) is 0. The Hall–Kier alpha value is -6.20. The number of rotatable bonds is 9. The van der Waals surface area contributed by atoms with E-state index in [0.29, 0.717) is 46.3 Å². The lowest BCUT2D eigenvalue weighted by molar-refractivity contribution is -0.163. The molecular formula is C48H54N8O6. The third kappa shape index (κ3) is 7.25. The first-order valence-electron chi connectivity index (χ1n) is 21.7. The normalized spacial score (nSPS) is 25.6. The maximum atomic E-state index is 13.7. The number of nitrogens with zero attached hydrogens (tertiary/aromatic N) is 5. The lowest BCUT2D eigenvalue weighted by Crippen LogP contribution is -2.74. The third-order valence-electron chi connectivity index (χ3n) is 14.2. The summed E-state index contributed by atoms with van der Waals surface area (Å²) < 4.78 is 6.63. The number of amides is 4. The number of hydrogen-bond donors (Lipinski definition) is 3. The van der Waals surface area contributed by atoms with Gasteiger partial charge < -0.3 is 29.7 Å². The van der Waals surface area contributed by atoms with Crippen LogP contribution < -0.4 is 30.7 Å². The van der Waals surface area contributed by atoms with Crippen LogP contribution in [0.4, 0.5) is 11.4 Å². The van der Waals surface area contributed by atoms with Gasteiger partial charge in [-0.25, -0.2) is 0 Å². The fourth-order valence-corrected chi connectivity index (χ4v) is 11.2. The van der Waals surface area contributed by atoms with Gasteiger partial charge in [0, 0.05) is 110 Å². The number of aromatic amines is 1. The van der Waals surface area contributed by atoms with Gasteiger partial charge >= 0.3 is 0 Å². The van der Waals surface area contributed by atoms with E-state index in [1.165, 1.54) is 6.07 Å². The predicted molar refractivity (Wildman–Crippen MR) is 235 cm³/mol. The fraction of sp³-hybridized carbons (Fsp3) is 0.458. The number of nitriles is 1. The van der Waals surface area contributed by atoms with Gasteiger partial charge in [-0.2, -0.15) is 5.26 Å². The minimum atomic E-state index is -0.616. The molecule has 9 rings (SSSR count). The molecule has 322 valence electrons. The zero-order chi connectivity index (χ0) is 43.7. The first-order chi connectivity index (χ1) is 29.5. The summed E-state index contributed by atoms with van der Waals surface area (Å²) in [4.78, 5) is 74.8. The van der Waals surface area contributed by atoms with E-state index in [0.717, 1.165) is 69.2 Å².